The summed E-state index contributed by atoms with van der Waals surface area (Å²) in [7, 11) is 0. The van der Waals surface area contributed by atoms with Gasteiger partial charge in [0.05, 0.1) is 6.04 Å². The molecule has 0 saturated carbocycles. The number of nitrogens with one attached hydrogen (secondary N) is 2. The minimum Gasteiger partial charge on any atom is -0.326 e. The number of thiazole rings is 1. The molecule has 5 nitrogen and oxygen atoms in total. The van der Waals surface area contributed by atoms with Gasteiger partial charge in [-0.25, -0.2) is 4.98 Å². The standard InChI is InChI=1S/C17H22N4OS/c1-12-11-23-17(19-12)16(21-9-7-18-8-10-21)14-3-5-15(6-4-14)20-13(2)22/h3-6,11,16,18H,7-10H2,1-2H3,(H,20,22). The van der Waals surface area contributed by atoms with Crippen LogP contribution in [-0.2, 0) is 4.79 Å². The topological polar surface area (TPSA) is 57.3 Å². The van der Waals surface area contributed by atoms with Crippen LogP contribution in [0.1, 0.15) is 29.2 Å². The summed E-state index contributed by atoms with van der Waals surface area (Å²) in [6.45, 7) is 7.59. The van der Waals surface area contributed by atoms with E-state index < -0.39 is 0 Å². The molecule has 1 unspecified atom stereocenters. The summed E-state index contributed by atoms with van der Waals surface area (Å²) in [5.41, 5.74) is 3.12. The van der Waals surface area contributed by atoms with E-state index in [0.717, 1.165) is 42.6 Å². The third-order valence-electron chi connectivity index (χ3n) is 3.93. The van der Waals surface area contributed by atoms with Crippen molar-refractivity contribution < 1.29 is 4.79 Å². The van der Waals surface area contributed by atoms with Gasteiger partial charge in [-0.15, -0.1) is 11.3 Å². The summed E-state index contributed by atoms with van der Waals surface area (Å²) in [4.78, 5) is 18.4. The Morgan fingerprint density at radius 2 is 2.00 bits per heavy atom. The number of carbonyl (C=O) groups is 1. The van der Waals surface area contributed by atoms with E-state index in [1.165, 1.54) is 12.5 Å². The summed E-state index contributed by atoms with van der Waals surface area (Å²) < 4.78 is 0. The van der Waals surface area contributed by atoms with Crippen molar-refractivity contribution in [2.75, 3.05) is 31.5 Å². The molecule has 1 fully saturated rings. The minimum absolute atomic E-state index is 0.0491. The molecule has 3 rings (SSSR count). The predicted octanol–water partition coefficient (Wildman–Crippen LogP) is 2.40. The van der Waals surface area contributed by atoms with E-state index in [1.807, 2.05) is 19.1 Å². The molecule has 0 bridgehead atoms. The molecule has 122 valence electrons. The van der Waals surface area contributed by atoms with Crippen LogP contribution in [0.15, 0.2) is 29.6 Å². The number of aromatic nitrogens is 1. The van der Waals surface area contributed by atoms with Gasteiger partial charge in [0.15, 0.2) is 0 Å². The Bertz CT molecular complexity index is 661. The number of benzene rings is 1. The van der Waals surface area contributed by atoms with Crippen molar-refractivity contribution >= 4 is 22.9 Å². The highest BCUT2D eigenvalue weighted by atomic mass is 32.1. The molecule has 1 saturated heterocycles. The van der Waals surface area contributed by atoms with E-state index in [4.69, 9.17) is 4.98 Å². The Hall–Kier alpha value is -1.76. The highest BCUT2D eigenvalue weighted by Gasteiger charge is 2.26. The minimum atomic E-state index is -0.0491. The third kappa shape index (κ3) is 3.96. The van der Waals surface area contributed by atoms with Crippen LogP contribution in [0, 0.1) is 6.92 Å². The van der Waals surface area contributed by atoms with Crippen molar-refractivity contribution in [2.24, 2.45) is 0 Å². The summed E-state index contributed by atoms with van der Waals surface area (Å²) in [6, 6.07) is 8.30. The van der Waals surface area contributed by atoms with E-state index in [1.54, 1.807) is 11.3 Å². The van der Waals surface area contributed by atoms with Crippen molar-refractivity contribution in [1.82, 2.24) is 15.2 Å². The smallest absolute Gasteiger partial charge is 0.221 e. The molecule has 1 aromatic carbocycles. The number of piperazine rings is 1. The van der Waals surface area contributed by atoms with Gasteiger partial charge in [0.1, 0.15) is 5.01 Å². The average Bonchev–Trinajstić information content (AvgIpc) is 2.96. The van der Waals surface area contributed by atoms with Crippen molar-refractivity contribution in [1.29, 1.82) is 0 Å². The summed E-state index contributed by atoms with van der Waals surface area (Å²) >= 11 is 1.72. The first-order valence-electron chi connectivity index (χ1n) is 7.88. The SMILES string of the molecule is CC(=O)Nc1ccc(C(c2nc(C)cs2)N2CCNCC2)cc1. The molecule has 1 atom stereocenters. The van der Waals surface area contributed by atoms with E-state index >= 15 is 0 Å². The molecule has 1 aromatic heterocycles. The lowest BCUT2D eigenvalue weighted by Gasteiger charge is -2.34. The van der Waals surface area contributed by atoms with Crippen LogP contribution in [0.5, 0.6) is 0 Å². The van der Waals surface area contributed by atoms with E-state index in [9.17, 15) is 4.79 Å². The summed E-state index contributed by atoms with van der Waals surface area (Å²) in [6.07, 6.45) is 0. The maximum atomic E-state index is 11.2. The van der Waals surface area contributed by atoms with Gasteiger partial charge < -0.3 is 10.6 Å². The van der Waals surface area contributed by atoms with Gasteiger partial charge in [-0.3, -0.25) is 9.69 Å². The van der Waals surface area contributed by atoms with Gasteiger partial charge in [0, 0.05) is 49.9 Å². The van der Waals surface area contributed by atoms with Gasteiger partial charge in [0.25, 0.3) is 0 Å². The molecule has 1 aliphatic rings. The Labute approximate surface area is 140 Å². The molecule has 0 spiro atoms. The Kier molecular flexibility index (Phi) is 5.05. The molecule has 0 radical (unpaired) electrons. The summed E-state index contributed by atoms with van der Waals surface area (Å²) in [5.74, 6) is -0.0491. The molecule has 2 N–H and O–H groups in total. The fourth-order valence-corrected chi connectivity index (χ4v) is 3.85. The Morgan fingerprint density at radius 1 is 1.30 bits per heavy atom. The largest absolute Gasteiger partial charge is 0.326 e. The molecule has 2 heterocycles. The van der Waals surface area contributed by atoms with E-state index in [-0.39, 0.29) is 11.9 Å². The van der Waals surface area contributed by atoms with Crippen LogP contribution in [0.25, 0.3) is 0 Å². The number of amides is 1. The quantitative estimate of drug-likeness (QED) is 0.904. The molecular weight excluding hydrogens is 308 g/mol. The van der Waals surface area contributed by atoms with Crippen molar-refractivity contribution in [3.63, 3.8) is 0 Å². The van der Waals surface area contributed by atoms with Crippen LogP contribution in [0.4, 0.5) is 5.69 Å². The number of hydrogen-bond acceptors (Lipinski definition) is 5. The number of nitrogens with zero attached hydrogens (tertiary/aromatic N) is 2. The monoisotopic (exact) mass is 330 g/mol. The lowest BCUT2D eigenvalue weighted by molar-refractivity contribution is -0.114. The van der Waals surface area contributed by atoms with Gasteiger partial charge in [-0.1, -0.05) is 12.1 Å². The molecule has 1 amide bonds. The molecule has 1 aliphatic heterocycles. The Morgan fingerprint density at radius 3 is 2.57 bits per heavy atom. The number of hydrogen-bond donors (Lipinski definition) is 2. The Balaban J connectivity index is 1.89. The number of anilines is 1. The lowest BCUT2D eigenvalue weighted by atomic mass is 10.0. The average molecular weight is 330 g/mol. The van der Waals surface area contributed by atoms with Gasteiger partial charge in [0.2, 0.25) is 5.91 Å². The van der Waals surface area contributed by atoms with Crippen LogP contribution in [0.3, 0.4) is 0 Å². The van der Waals surface area contributed by atoms with Gasteiger partial charge >= 0.3 is 0 Å². The fourth-order valence-electron chi connectivity index (χ4n) is 2.90. The first kappa shape index (κ1) is 16.1. The molecule has 23 heavy (non-hydrogen) atoms. The zero-order chi connectivity index (χ0) is 16.2. The zero-order valence-corrected chi connectivity index (χ0v) is 14.3. The second-order valence-electron chi connectivity index (χ2n) is 5.82. The van der Waals surface area contributed by atoms with Crippen LogP contribution in [-0.4, -0.2) is 42.0 Å². The van der Waals surface area contributed by atoms with Crippen molar-refractivity contribution in [2.45, 2.75) is 19.9 Å². The number of rotatable bonds is 4. The second kappa shape index (κ2) is 7.21. The van der Waals surface area contributed by atoms with Crippen LogP contribution >= 0.6 is 11.3 Å². The van der Waals surface area contributed by atoms with Crippen LogP contribution < -0.4 is 10.6 Å². The summed E-state index contributed by atoms with van der Waals surface area (Å²) in [5, 5.41) is 9.46. The number of aryl methyl sites for hydroxylation is 1. The normalized spacial score (nSPS) is 17.0. The van der Waals surface area contributed by atoms with Crippen LogP contribution in [0.2, 0.25) is 0 Å². The molecule has 2 aromatic rings. The predicted molar refractivity (Wildman–Crippen MR) is 93.9 cm³/mol. The van der Waals surface area contributed by atoms with Gasteiger partial charge in [-0.05, 0) is 24.6 Å². The fraction of sp³-hybridized carbons (Fsp3) is 0.412. The van der Waals surface area contributed by atoms with Crippen molar-refractivity contribution in [3.8, 4) is 0 Å². The van der Waals surface area contributed by atoms with Crippen molar-refractivity contribution in [3.05, 3.63) is 45.9 Å². The zero-order valence-electron chi connectivity index (χ0n) is 13.5. The molecule has 6 heteroatoms. The molecular formula is C17H22N4OS. The first-order valence-corrected chi connectivity index (χ1v) is 8.76. The van der Waals surface area contributed by atoms with Gasteiger partial charge in [-0.2, -0.15) is 0 Å². The van der Waals surface area contributed by atoms with E-state index in [0.29, 0.717) is 0 Å². The highest BCUT2D eigenvalue weighted by Crippen LogP contribution is 2.31. The highest BCUT2D eigenvalue weighted by molar-refractivity contribution is 7.09. The van der Waals surface area contributed by atoms with E-state index in [2.05, 4.69) is 33.0 Å². The maximum Gasteiger partial charge on any atom is 0.221 e. The number of carbonyl (C=O) groups excluding carboxylic acids is 1. The molecule has 0 aliphatic carbocycles. The first-order chi connectivity index (χ1) is 11.1. The maximum absolute atomic E-state index is 11.2. The third-order valence-corrected chi connectivity index (χ3v) is 4.95. The second-order valence-corrected chi connectivity index (χ2v) is 6.71. The lowest BCUT2D eigenvalue weighted by Crippen LogP contribution is -2.45.